The van der Waals surface area contributed by atoms with E-state index >= 15 is 0 Å². The van der Waals surface area contributed by atoms with E-state index in [1.54, 1.807) is 0 Å². The molecular weight excluding hydrogens is 243 g/mol. The average molecular weight is 249 g/mol. The second-order valence-electron chi connectivity index (χ2n) is 2.74. The Kier molecular flexibility index (Phi) is 3.99. The molecule has 0 aliphatic heterocycles. The Morgan fingerprint density at radius 1 is 1.53 bits per heavy atom. The molecule has 1 atom stereocenters. The highest BCUT2D eigenvalue weighted by Crippen LogP contribution is 2.28. The normalized spacial score (nSPS) is 12.1. The highest BCUT2D eigenvalue weighted by atomic mass is 35.5. The van der Waals surface area contributed by atoms with Crippen molar-refractivity contribution >= 4 is 28.9 Å². The lowest BCUT2D eigenvalue weighted by Crippen LogP contribution is -2.03. The number of nitro groups is 1. The minimum atomic E-state index is -1.05. The van der Waals surface area contributed by atoms with Crippen LogP contribution in [-0.4, -0.2) is 10.4 Å². The van der Waals surface area contributed by atoms with Gasteiger partial charge in [0, 0.05) is 12.5 Å². The smallest absolute Gasteiger partial charge is 0.258 e. The van der Waals surface area contributed by atoms with Crippen molar-refractivity contribution in [2.45, 2.75) is 11.9 Å². The zero-order valence-electron chi connectivity index (χ0n) is 7.39. The first-order valence-corrected chi connectivity index (χ1v) is 4.76. The molecule has 1 aromatic carbocycles. The van der Waals surface area contributed by atoms with Crippen molar-refractivity contribution in [2.75, 3.05) is 0 Å². The number of rotatable bonds is 4. The predicted molar refractivity (Wildman–Crippen MR) is 57.2 cm³/mol. The van der Waals surface area contributed by atoms with Crippen molar-refractivity contribution in [3.63, 3.8) is 0 Å². The first kappa shape index (κ1) is 11.9. The fourth-order valence-corrected chi connectivity index (χ4v) is 1.53. The molecule has 15 heavy (non-hydrogen) atoms. The van der Waals surface area contributed by atoms with Gasteiger partial charge in [-0.05, 0) is 11.2 Å². The van der Waals surface area contributed by atoms with Gasteiger partial charge < -0.3 is 0 Å². The molecular formula is C8H6Cl2N2O3. The molecule has 5 nitrogen and oxygen atoms in total. The van der Waals surface area contributed by atoms with Crippen LogP contribution in [0.4, 0.5) is 5.69 Å². The summed E-state index contributed by atoms with van der Waals surface area (Å²) in [5, 5.41) is 13.4. The molecule has 1 rings (SSSR count). The van der Waals surface area contributed by atoms with Crippen LogP contribution in [0.15, 0.2) is 23.4 Å². The van der Waals surface area contributed by atoms with E-state index in [0.29, 0.717) is 0 Å². The Hall–Kier alpha value is -1.20. The Morgan fingerprint density at radius 3 is 2.73 bits per heavy atom. The Bertz CT molecular complexity index is 397. The lowest BCUT2D eigenvalue weighted by Gasteiger charge is -2.04. The Balaban J connectivity index is 3.13. The van der Waals surface area contributed by atoms with E-state index in [9.17, 15) is 15.0 Å². The molecule has 0 radical (unpaired) electrons. The molecule has 0 bridgehead atoms. The Morgan fingerprint density at radius 2 is 2.20 bits per heavy atom. The van der Waals surface area contributed by atoms with Crippen molar-refractivity contribution in [2.24, 2.45) is 5.18 Å². The quantitative estimate of drug-likeness (QED) is 0.270. The molecule has 0 aliphatic rings. The number of nitro benzene ring substituents is 1. The summed E-state index contributed by atoms with van der Waals surface area (Å²) in [6.45, 7) is 0. The number of nitrogens with zero attached hydrogens (tertiary/aromatic N) is 2. The van der Waals surface area contributed by atoms with Gasteiger partial charge in [0.05, 0.1) is 15.5 Å². The van der Waals surface area contributed by atoms with Crippen LogP contribution >= 0.6 is 23.2 Å². The summed E-state index contributed by atoms with van der Waals surface area (Å²) in [4.78, 5) is 20.2. The van der Waals surface area contributed by atoms with Crippen LogP contribution in [0.3, 0.4) is 0 Å². The first-order chi connectivity index (χ1) is 7.06. The van der Waals surface area contributed by atoms with E-state index in [2.05, 4.69) is 5.18 Å². The van der Waals surface area contributed by atoms with E-state index in [-0.39, 0.29) is 22.7 Å². The van der Waals surface area contributed by atoms with Crippen LogP contribution in [0.5, 0.6) is 0 Å². The Labute approximate surface area is 95.1 Å². The van der Waals surface area contributed by atoms with Crippen molar-refractivity contribution in [3.05, 3.63) is 43.8 Å². The second-order valence-corrected chi connectivity index (χ2v) is 3.65. The maximum atomic E-state index is 10.6. The second kappa shape index (κ2) is 5.04. The zero-order chi connectivity index (χ0) is 11.4. The van der Waals surface area contributed by atoms with Crippen LogP contribution in [0, 0.1) is 15.0 Å². The van der Waals surface area contributed by atoms with Gasteiger partial charge in [0.15, 0.2) is 5.50 Å². The molecule has 0 fully saturated rings. The number of alkyl halides is 1. The van der Waals surface area contributed by atoms with Crippen molar-refractivity contribution < 1.29 is 4.92 Å². The molecule has 80 valence electrons. The summed E-state index contributed by atoms with van der Waals surface area (Å²) in [7, 11) is 0. The van der Waals surface area contributed by atoms with Crippen molar-refractivity contribution in [3.8, 4) is 0 Å². The molecule has 0 unspecified atom stereocenters. The third kappa shape index (κ3) is 2.87. The van der Waals surface area contributed by atoms with Gasteiger partial charge in [0.25, 0.3) is 5.69 Å². The van der Waals surface area contributed by atoms with Gasteiger partial charge in [0.1, 0.15) is 0 Å². The third-order valence-electron chi connectivity index (χ3n) is 1.78. The fraction of sp³-hybridized carbons (Fsp3) is 0.250. The maximum Gasteiger partial charge on any atom is 0.274 e. The van der Waals surface area contributed by atoms with E-state index in [0.717, 1.165) is 0 Å². The van der Waals surface area contributed by atoms with E-state index in [1.165, 1.54) is 18.2 Å². The topological polar surface area (TPSA) is 72.6 Å². The summed E-state index contributed by atoms with van der Waals surface area (Å²) in [6, 6.07) is 4.26. The monoisotopic (exact) mass is 248 g/mol. The minimum Gasteiger partial charge on any atom is -0.258 e. The van der Waals surface area contributed by atoms with Gasteiger partial charge in [0.2, 0.25) is 0 Å². The highest BCUT2D eigenvalue weighted by Gasteiger charge is 2.19. The first-order valence-electron chi connectivity index (χ1n) is 3.94. The van der Waals surface area contributed by atoms with Gasteiger partial charge in [-0.1, -0.05) is 29.3 Å². The van der Waals surface area contributed by atoms with Gasteiger partial charge >= 0.3 is 0 Å². The summed E-state index contributed by atoms with van der Waals surface area (Å²) in [5.41, 5.74) is -0.982. The van der Waals surface area contributed by atoms with Crippen LogP contribution in [0.25, 0.3) is 0 Å². The van der Waals surface area contributed by atoms with Crippen molar-refractivity contribution in [1.82, 2.24) is 0 Å². The molecule has 0 amide bonds. The zero-order valence-corrected chi connectivity index (χ0v) is 8.90. The number of nitroso groups, excluding NO2 is 1. The van der Waals surface area contributed by atoms with Gasteiger partial charge in [-0.2, -0.15) is 0 Å². The van der Waals surface area contributed by atoms with E-state index in [4.69, 9.17) is 23.2 Å². The molecule has 0 spiro atoms. The van der Waals surface area contributed by atoms with Crippen molar-refractivity contribution in [1.29, 1.82) is 0 Å². The van der Waals surface area contributed by atoms with Gasteiger partial charge in [-0.3, -0.25) is 10.1 Å². The third-order valence-corrected chi connectivity index (χ3v) is 2.37. The maximum absolute atomic E-state index is 10.6. The highest BCUT2D eigenvalue weighted by molar-refractivity contribution is 6.31. The van der Waals surface area contributed by atoms with Crippen LogP contribution in [-0.2, 0) is 6.42 Å². The minimum absolute atomic E-state index is 0.0545. The molecule has 7 heteroatoms. The average Bonchev–Trinajstić information content (AvgIpc) is 2.20. The van der Waals surface area contributed by atoms with E-state index in [1.807, 2.05) is 0 Å². The number of hydrogen-bond donors (Lipinski definition) is 0. The lowest BCUT2D eigenvalue weighted by molar-refractivity contribution is -0.385. The lowest BCUT2D eigenvalue weighted by atomic mass is 10.1. The largest absolute Gasteiger partial charge is 0.274 e. The molecule has 0 heterocycles. The number of halogens is 2. The standard InChI is InChI=1S/C8H6Cl2N2O3/c9-6-2-1-3-7(12(14)15)5(6)4-8(10)11-13/h1-3,8H,4H2/t8-/m1/s1. The van der Waals surface area contributed by atoms with Crippen LogP contribution in [0.2, 0.25) is 5.02 Å². The molecule has 0 N–H and O–H groups in total. The predicted octanol–water partition coefficient (Wildman–Crippen LogP) is 3.12. The molecule has 0 saturated heterocycles. The van der Waals surface area contributed by atoms with E-state index < -0.39 is 10.4 Å². The SMILES string of the molecule is O=N[C@@H](Cl)Cc1c(Cl)cccc1[N+](=O)[O-]. The summed E-state index contributed by atoms with van der Waals surface area (Å²) < 4.78 is 0. The van der Waals surface area contributed by atoms with Crippen LogP contribution in [0.1, 0.15) is 5.56 Å². The summed E-state index contributed by atoms with van der Waals surface area (Å²) in [5.74, 6) is 0. The molecule has 0 aromatic heterocycles. The summed E-state index contributed by atoms with van der Waals surface area (Å²) >= 11 is 11.3. The number of hydrogen-bond acceptors (Lipinski definition) is 4. The molecule has 1 aromatic rings. The van der Waals surface area contributed by atoms with Crippen LogP contribution < -0.4 is 0 Å². The van der Waals surface area contributed by atoms with Gasteiger partial charge in [-0.25, -0.2) is 0 Å². The fourth-order valence-electron chi connectivity index (χ4n) is 1.13. The number of benzene rings is 1. The molecule has 0 aliphatic carbocycles. The van der Waals surface area contributed by atoms with Gasteiger partial charge in [-0.15, -0.1) is 4.91 Å². The molecule has 0 saturated carbocycles. The summed E-state index contributed by atoms with van der Waals surface area (Å²) in [6.07, 6.45) is -0.0545.